The molecule has 2 aliphatic rings. The summed E-state index contributed by atoms with van der Waals surface area (Å²) in [5.74, 6) is 2.73. The summed E-state index contributed by atoms with van der Waals surface area (Å²) in [6.07, 6.45) is 6.63. The Morgan fingerprint density at radius 3 is 2.53 bits per heavy atom. The van der Waals surface area contributed by atoms with Crippen molar-refractivity contribution >= 4 is 18.3 Å². The minimum absolute atomic E-state index is 0. The van der Waals surface area contributed by atoms with Gasteiger partial charge in [0.2, 0.25) is 5.91 Å². The van der Waals surface area contributed by atoms with Gasteiger partial charge in [-0.3, -0.25) is 4.79 Å². The molecule has 19 heavy (non-hydrogen) atoms. The van der Waals surface area contributed by atoms with Crippen LogP contribution in [0.4, 0.5) is 0 Å². The molecule has 5 unspecified atom stereocenters. The maximum Gasteiger partial charge on any atom is 0.237 e. The standard InChI is InChI=1S/C15H28N2O.ClH/c1-4-7-16-11(3)15(18)17-10(2)14-9-12-5-6-13(14)8-12;/h10-14,16H,4-9H2,1-3H3,(H,17,18);1H. The molecule has 0 aliphatic heterocycles. The van der Waals surface area contributed by atoms with Gasteiger partial charge in [0, 0.05) is 6.04 Å². The number of fused-ring (bicyclic) bond motifs is 2. The van der Waals surface area contributed by atoms with Crippen molar-refractivity contribution in [3.8, 4) is 0 Å². The Labute approximate surface area is 123 Å². The molecule has 112 valence electrons. The van der Waals surface area contributed by atoms with Gasteiger partial charge in [0.15, 0.2) is 0 Å². The van der Waals surface area contributed by atoms with E-state index in [1.807, 2.05) is 6.92 Å². The van der Waals surface area contributed by atoms with Crippen LogP contribution in [-0.2, 0) is 4.79 Å². The Morgan fingerprint density at radius 1 is 1.26 bits per heavy atom. The van der Waals surface area contributed by atoms with Crippen LogP contribution in [0.15, 0.2) is 0 Å². The molecule has 2 aliphatic carbocycles. The van der Waals surface area contributed by atoms with Gasteiger partial charge in [-0.25, -0.2) is 0 Å². The summed E-state index contributed by atoms with van der Waals surface area (Å²) in [6.45, 7) is 7.18. The fourth-order valence-corrected chi connectivity index (χ4v) is 3.82. The number of hydrogen-bond donors (Lipinski definition) is 2. The summed E-state index contributed by atoms with van der Waals surface area (Å²) >= 11 is 0. The molecule has 3 nitrogen and oxygen atoms in total. The summed E-state index contributed by atoms with van der Waals surface area (Å²) in [4.78, 5) is 12.0. The Morgan fingerprint density at radius 2 is 2.00 bits per heavy atom. The van der Waals surface area contributed by atoms with E-state index in [4.69, 9.17) is 0 Å². The van der Waals surface area contributed by atoms with Crippen molar-refractivity contribution in [1.29, 1.82) is 0 Å². The first-order valence-corrected chi connectivity index (χ1v) is 7.65. The largest absolute Gasteiger partial charge is 0.352 e. The number of amides is 1. The molecule has 0 aromatic rings. The second-order valence-electron chi connectivity index (χ2n) is 6.31. The lowest BCUT2D eigenvalue weighted by Gasteiger charge is -2.29. The van der Waals surface area contributed by atoms with E-state index in [1.165, 1.54) is 25.7 Å². The van der Waals surface area contributed by atoms with Crippen molar-refractivity contribution in [3.05, 3.63) is 0 Å². The van der Waals surface area contributed by atoms with Gasteiger partial charge in [-0.05, 0) is 63.8 Å². The van der Waals surface area contributed by atoms with Crippen LogP contribution in [0.2, 0.25) is 0 Å². The number of hydrogen-bond acceptors (Lipinski definition) is 2. The van der Waals surface area contributed by atoms with E-state index in [2.05, 4.69) is 24.5 Å². The first-order valence-electron chi connectivity index (χ1n) is 7.65. The van der Waals surface area contributed by atoms with Gasteiger partial charge >= 0.3 is 0 Å². The van der Waals surface area contributed by atoms with E-state index in [1.54, 1.807) is 0 Å². The number of halogens is 1. The zero-order valence-electron chi connectivity index (χ0n) is 12.4. The highest BCUT2D eigenvalue weighted by Gasteiger charge is 2.42. The number of carbonyl (C=O) groups is 1. The maximum atomic E-state index is 12.0. The highest BCUT2D eigenvalue weighted by molar-refractivity contribution is 5.85. The summed E-state index contributed by atoms with van der Waals surface area (Å²) in [7, 11) is 0. The molecule has 2 N–H and O–H groups in total. The van der Waals surface area contributed by atoms with Gasteiger partial charge in [0.25, 0.3) is 0 Å². The van der Waals surface area contributed by atoms with Crippen LogP contribution in [0, 0.1) is 17.8 Å². The van der Waals surface area contributed by atoms with Crippen molar-refractivity contribution < 1.29 is 4.79 Å². The van der Waals surface area contributed by atoms with Gasteiger partial charge in [0.1, 0.15) is 0 Å². The van der Waals surface area contributed by atoms with Crippen LogP contribution in [-0.4, -0.2) is 24.5 Å². The molecular weight excluding hydrogens is 260 g/mol. The Balaban J connectivity index is 0.00000180. The molecule has 2 rings (SSSR count). The van der Waals surface area contributed by atoms with Crippen LogP contribution in [0.5, 0.6) is 0 Å². The lowest BCUT2D eigenvalue weighted by Crippen LogP contribution is -2.48. The second-order valence-corrected chi connectivity index (χ2v) is 6.31. The fourth-order valence-electron chi connectivity index (χ4n) is 3.82. The fraction of sp³-hybridized carbons (Fsp3) is 0.933. The smallest absolute Gasteiger partial charge is 0.237 e. The molecule has 1 amide bonds. The van der Waals surface area contributed by atoms with E-state index >= 15 is 0 Å². The van der Waals surface area contributed by atoms with Crippen molar-refractivity contribution in [2.45, 2.75) is 65.0 Å². The van der Waals surface area contributed by atoms with E-state index < -0.39 is 0 Å². The van der Waals surface area contributed by atoms with Crippen molar-refractivity contribution in [2.24, 2.45) is 17.8 Å². The first-order chi connectivity index (χ1) is 8.61. The normalized spacial score (nSPS) is 31.6. The molecule has 0 heterocycles. The summed E-state index contributed by atoms with van der Waals surface area (Å²) < 4.78 is 0. The van der Waals surface area contributed by atoms with Crippen LogP contribution in [0.3, 0.4) is 0 Å². The molecule has 2 fully saturated rings. The molecule has 0 radical (unpaired) electrons. The lowest BCUT2D eigenvalue weighted by molar-refractivity contribution is -0.123. The molecular formula is C15H29ClN2O. The molecule has 0 saturated heterocycles. The maximum absolute atomic E-state index is 12.0. The minimum atomic E-state index is -0.0639. The van der Waals surface area contributed by atoms with Crippen LogP contribution >= 0.6 is 12.4 Å². The minimum Gasteiger partial charge on any atom is -0.352 e. The SMILES string of the molecule is CCCNC(C)C(=O)NC(C)C1CC2CCC1C2.Cl. The number of carbonyl (C=O) groups excluding carboxylic acids is 1. The number of nitrogens with one attached hydrogen (secondary N) is 2. The van der Waals surface area contributed by atoms with Gasteiger partial charge in [-0.15, -0.1) is 12.4 Å². The zero-order valence-corrected chi connectivity index (χ0v) is 13.3. The molecule has 4 heteroatoms. The van der Waals surface area contributed by atoms with Gasteiger partial charge in [0.05, 0.1) is 6.04 Å². The van der Waals surface area contributed by atoms with E-state index in [0.29, 0.717) is 6.04 Å². The quantitative estimate of drug-likeness (QED) is 0.789. The van der Waals surface area contributed by atoms with E-state index in [0.717, 1.165) is 30.7 Å². The Hall–Kier alpha value is -0.280. The zero-order chi connectivity index (χ0) is 13.1. The Kier molecular flexibility index (Phi) is 6.61. The third kappa shape index (κ3) is 4.09. The van der Waals surface area contributed by atoms with E-state index in [-0.39, 0.29) is 24.4 Å². The molecule has 5 atom stereocenters. The predicted molar refractivity (Wildman–Crippen MR) is 81.5 cm³/mol. The van der Waals surface area contributed by atoms with Gasteiger partial charge < -0.3 is 10.6 Å². The highest BCUT2D eigenvalue weighted by atomic mass is 35.5. The summed E-state index contributed by atoms with van der Waals surface area (Å²) in [5, 5.41) is 6.46. The molecule has 0 spiro atoms. The highest BCUT2D eigenvalue weighted by Crippen LogP contribution is 2.49. The molecule has 2 saturated carbocycles. The average Bonchev–Trinajstić information content (AvgIpc) is 2.97. The van der Waals surface area contributed by atoms with E-state index in [9.17, 15) is 4.79 Å². The molecule has 0 aromatic heterocycles. The van der Waals surface area contributed by atoms with Crippen LogP contribution in [0.1, 0.15) is 52.9 Å². The second kappa shape index (κ2) is 7.49. The lowest BCUT2D eigenvalue weighted by atomic mass is 9.84. The predicted octanol–water partition coefficient (Wildman–Crippen LogP) is 2.74. The average molecular weight is 289 g/mol. The monoisotopic (exact) mass is 288 g/mol. The summed E-state index contributed by atoms with van der Waals surface area (Å²) in [6, 6.07) is 0.282. The third-order valence-corrected chi connectivity index (χ3v) is 4.90. The topological polar surface area (TPSA) is 41.1 Å². The summed E-state index contributed by atoms with van der Waals surface area (Å²) in [5.41, 5.74) is 0. The Bertz CT molecular complexity index is 298. The number of rotatable bonds is 6. The van der Waals surface area contributed by atoms with Crippen molar-refractivity contribution in [1.82, 2.24) is 10.6 Å². The first kappa shape index (κ1) is 16.8. The third-order valence-electron chi connectivity index (χ3n) is 4.90. The molecule has 2 bridgehead atoms. The van der Waals surface area contributed by atoms with Crippen molar-refractivity contribution in [3.63, 3.8) is 0 Å². The van der Waals surface area contributed by atoms with Gasteiger partial charge in [-0.1, -0.05) is 13.3 Å². The van der Waals surface area contributed by atoms with Gasteiger partial charge in [-0.2, -0.15) is 0 Å². The van der Waals surface area contributed by atoms with Crippen LogP contribution < -0.4 is 10.6 Å². The van der Waals surface area contributed by atoms with Crippen LogP contribution in [0.25, 0.3) is 0 Å². The molecule has 0 aromatic carbocycles. The van der Waals surface area contributed by atoms with Crippen molar-refractivity contribution in [2.75, 3.05) is 6.54 Å².